The highest BCUT2D eigenvalue weighted by molar-refractivity contribution is 8.18. The molecule has 35 heavy (non-hydrogen) atoms. The number of benzene rings is 3. The van der Waals surface area contributed by atoms with Crippen LogP contribution in [0, 0.1) is 5.82 Å². The van der Waals surface area contributed by atoms with E-state index in [0.29, 0.717) is 21.4 Å². The topological polar surface area (TPSA) is 75.7 Å². The van der Waals surface area contributed by atoms with Crippen LogP contribution in [0.2, 0.25) is 10.0 Å². The molecule has 0 radical (unpaired) electrons. The molecule has 3 amide bonds. The molecule has 0 aromatic heterocycles. The molecule has 178 valence electrons. The normalized spacial score (nSPS) is 14.5. The number of halogens is 3. The van der Waals surface area contributed by atoms with Crippen molar-refractivity contribution in [2.24, 2.45) is 0 Å². The Morgan fingerprint density at radius 3 is 2.54 bits per heavy atom. The van der Waals surface area contributed by atoms with Crippen molar-refractivity contribution in [3.05, 3.63) is 98.6 Å². The van der Waals surface area contributed by atoms with Gasteiger partial charge in [-0.2, -0.15) is 0 Å². The maximum atomic E-state index is 13.3. The second kappa shape index (κ2) is 10.9. The molecule has 4 rings (SSSR count). The van der Waals surface area contributed by atoms with Crippen molar-refractivity contribution in [1.29, 1.82) is 0 Å². The molecule has 1 heterocycles. The highest BCUT2D eigenvalue weighted by atomic mass is 35.5. The van der Waals surface area contributed by atoms with E-state index in [1.54, 1.807) is 48.5 Å². The third-order valence-electron chi connectivity index (χ3n) is 4.87. The van der Waals surface area contributed by atoms with Crippen LogP contribution in [0.1, 0.15) is 11.1 Å². The highest BCUT2D eigenvalue weighted by Crippen LogP contribution is 2.32. The molecule has 0 unspecified atom stereocenters. The van der Waals surface area contributed by atoms with Gasteiger partial charge in [0.05, 0.1) is 4.91 Å². The summed E-state index contributed by atoms with van der Waals surface area (Å²) in [7, 11) is 0. The van der Waals surface area contributed by atoms with Crippen LogP contribution in [0.4, 0.5) is 14.9 Å². The molecule has 0 spiro atoms. The van der Waals surface area contributed by atoms with E-state index in [-0.39, 0.29) is 17.2 Å². The minimum absolute atomic E-state index is 0.190. The van der Waals surface area contributed by atoms with E-state index in [2.05, 4.69) is 5.32 Å². The van der Waals surface area contributed by atoms with Crippen molar-refractivity contribution in [3.63, 3.8) is 0 Å². The fraction of sp³-hybridized carbons (Fsp3) is 0.0800. The van der Waals surface area contributed by atoms with Gasteiger partial charge in [-0.05, 0) is 65.9 Å². The predicted molar refractivity (Wildman–Crippen MR) is 135 cm³/mol. The molecule has 3 aromatic carbocycles. The van der Waals surface area contributed by atoms with E-state index >= 15 is 0 Å². The Balaban J connectivity index is 1.36. The summed E-state index contributed by atoms with van der Waals surface area (Å²) in [5.74, 6) is -1.11. The van der Waals surface area contributed by atoms with Gasteiger partial charge in [0.1, 0.15) is 24.7 Å². The van der Waals surface area contributed by atoms with Crippen molar-refractivity contribution in [2.75, 3.05) is 11.9 Å². The summed E-state index contributed by atoms with van der Waals surface area (Å²) in [6.45, 7) is -0.218. The molecule has 10 heteroatoms. The summed E-state index contributed by atoms with van der Waals surface area (Å²) >= 11 is 12.8. The van der Waals surface area contributed by atoms with Crippen LogP contribution in [0.15, 0.2) is 71.6 Å². The first-order valence-electron chi connectivity index (χ1n) is 10.3. The fourth-order valence-corrected chi connectivity index (χ4v) is 4.46. The first kappa shape index (κ1) is 24.8. The van der Waals surface area contributed by atoms with Crippen LogP contribution >= 0.6 is 35.0 Å². The van der Waals surface area contributed by atoms with Gasteiger partial charge in [-0.1, -0.05) is 47.5 Å². The fourth-order valence-electron chi connectivity index (χ4n) is 3.16. The summed E-state index contributed by atoms with van der Waals surface area (Å²) in [4.78, 5) is 38.2. The van der Waals surface area contributed by atoms with E-state index in [1.807, 2.05) is 0 Å². The molecule has 1 fully saturated rings. The zero-order chi connectivity index (χ0) is 24.9. The second-order valence-electron chi connectivity index (χ2n) is 7.42. The standard InChI is InChI=1S/C25H17Cl2FN2O4S/c26-17-7-6-16(21(27)11-17)14-34-20-8-4-15(5-9-20)10-22-24(32)30(25(33)35-22)13-23(31)29-19-3-1-2-18(28)12-19/h1-12H,13-14H2,(H,29,31)/b22-10+. The summed E-state index contributed by atoms with van der Waals surface area (Å²) in [6, 6.07) is 17.4. The van der Waals surface area contributed by atoms with Crippen LogP contribution in [0.3, 0.4) is 0 Å². The quantitative estimate of drug-likeness (QED) is 0.358. The zero-order valence-corrected chi connectivity index (χ0v) is 20.3. The molecule has 0 aliphatic carbocycles. The molecule has 0 saturated carbocycles. The van der Waals surface area contributed by atoms with Crippen molar-refractivity contribution in [3.8, 4) is 5.75 Å². The largest absolute Gasteiger partial charge is 0.489 e. The summed E-state index contributed by atoms with van der Waals surface area (Å²) in [5.41, 5.74) is 1.70. The number of amides is 3. The zero-order valence-electron chi connectivity index (χ0n) is 18.0. The van der Waals surface area contributed by atoms with Gasteiger partial charge in [-0.25, -0.2) is 4.39 Å². The lowest BCUT2D eigenvalue weighted by Crippen LogP contribution is -2.36. The molecule has 3 aromatic rings. The Labute approximate surface area is 214 Å². The lowest BCUT2D eigenvalue weighted by Gasteiger charge is -2.12. The van der Waals surface area contributed by atoms with Crippen LogP contribution in [0.25, 0.3) is 6.08 Å². The number of ether oxygens (including phenoxy) is 1. The van der Waals surface area contributed by atoms with E-state index in [0.717, 1.165) is 28.3 Å². The van der Waals surface area contributed by atoms with Crippen LogP contribution in [0.5, 0.6) is 5.75 Å². The highest BCUT2D eigenvalue weighted by Gasteiger charge is 2.36. The smallest absolute Gasteiger partial charge is 0.294 e. The Morgan fingerprint density at radius 1 is 1.06 bits per heavy atom. The number of carbonyl (C=O) groups excluding carboxylic acids is 3. The maximum Gasteiger partial charge on any atom is 0.294 e. The minimum atomic E-state index is -0.610. The van der Waals surface area contributed by atoms with Gasteiger partial charge in [0.2, 0.25) is 5.91 Å². The molecule has 1 aliphatic rings. The average Bonchev–Trinajstić information content (AvgIpc) is 3.07. The van der Waals surface area contributed by atoms with E-state index in [4.69, 9.17) is 27.9 Å². The molecule has 6 nitrogen and oxygen atoms in total. The van der Waals surface area contributed by atoms with Gasteiger partial charge < -0.3 is 10.1 Å². The predicted octanol–water partition coefficient (Wildman–Crippen LogP) is 6.39. The van der Waals surface area contributed by atoms with Crippen LogP contribution in [-0.2, 0) is 16.2 Å². The number of thioether (sulfide) groups is 1. The first-order valence-corrected chi connectivity index (χ1v) is 11.8. The van der Waals surface area contributed by atoms with Crippen molar-refractivity contribution >= 4 is 63.8 Å². The van der Waals surface area contributed by atoms with E-state index < -0.39 is 29.4 Å². The van der Waals surface area contributed by atoms with E-state index in [9.17, 15) is 18.8 Å². The summed E-state index contributed by atoms with van der Waals surface area (Å²) in [5, 5.41) is 2.96. The maximum absolute atomic E-state index is 13.3. The minimum Gasteiger partial charge on any atom is -0.489 e. The summed E-state index contributed by atoms with van der Waals surface area (Å²) < 4.78 is 19.0. The van der Waals surface area contributed by atoms with Gasteiger partial charge >= 0.3 is 0 Å². The first-order chi connectivity index (χ1) is 16.8. The monoisotopic (exact) mass is 530 g/mol. The number of hydrogen-bond acceptors (Lipinski definition) is 5. The molecule has 0 bridgehead atoms. The molecular formula is C25H17Cl2FN2O4S. The van der Waals surface area contributed by atoms with Crippen molar-refractivity contribution in [2.45, 2.75) is 6.61 Å². The Hall–Kier alpha value is -3.33. The lowest BCUT2D eigenvalue weighted by atomic mass is 10.2. The molecule has 1 saturated heterocycles. The lowest BCUT2D eigenvalue weighted by molar-refractivity contribution is -0.127. The molecule has 0 atom stereocenters. The van der Waals surface area contributed by atoms with Crippen molar-refractivity contribution < 1.29 is 23.5 Å². The molecular weight excluding hydrogens is 514 g/mol. The second-order valence-corrected chi connectivity index (χ2v) is 9.26. The van der Waals surface area contributed by atoms with Crippen LogP contribution < -0.4 is 10.1 Å². The van der Waals surface area contributed by atoms with Gasteiger partial charge in [0.25, 0.3) is 11.1 Å². The van der Waals surface area contributed by atoms with Gasteiger partial charge in [-0.15, -0.1) is 0 Å². The van der Waals surface area contributed by atoms with Crippen molar-refractivity contribution in [1.82, 2.24) is 4.90 Å². The average molecular weight is 531 g/mol. The number of nitrogens with zero attached hydrogens (tertiary/aromatic N) is 1. The molecule has 1 aliphatic heterocycles. The number of carbonyl (C=O) groups is 3. The van der Waals surface area contributed by atoms with Gasteiger partial charge in [-0.3, -0.25) is 19.3 Å². The number of rotatable bonds is 7. The number of nitrogens with one attached hydrogen (secondary N) is 1. The third-order valence-corrected chi connectivity index (χ3v) is 6.37. The SMILES string of the molecule is O=C(CN1C(=O)S/C(=C/c2ccc(OCc3ccc(Cl)cc3Cl)cc2)C1=O)Nc1cccc(F)c1. The molecule has 1 N–H and O–H groups in total. The van der Waals surface area contributed by atoms with Gasteiger partial charge in [0.15, 0.2) is 0 Å². The summed E-state index contributed by atoms with van der Waals surface area (Å²) in [6.07, 6.45) is 1.56. The Kier molecular flexibility index (Phi) is 7.75. The Bertz CT molecular complexity index is 1330. The van der Waals surface area contributed by atoms with E-state index in [1.165, 1.54) is 18.2 Å². The Morgan fingerprint density at radius 2 is 1.83 bits per heavy atom. The number of hydrogen-bond donors (Lipinski definition) is 1. The number of anilines is 1. The van der Waals surface area contributed by atoms with Gasteiger partial charge in [0, 0.05) is 21.3 Å². The third kappa shape index (κ3) is 6.42. The number of imide groups is 1. The van der Waals surface area contributed by atoms with Crippen LogP contribution in [-0.4, -0.2) is 28.5 Å².